The summed E-state index contributed by atoms with van der Waals surface area (Å²) in [5, 5.41) is 5.77. The van der Waals surface area contributed by atoms with Gasteiger partial charge < -0.3 is 20.3 Å². The number of amides is 3. The number of benzene rings is 1. The summed E-state index contributed by atoms with van der Waals surface area (Å²) in [7, 11) is 0. The Morgan fingerprint density at radius 1 is 1.06 bits per heavy atom. The maximum absolute atomic E-state index is 13.9. The number of carbonyl (C=O) groups excluding carboxylic acids is 3. The number of hydrogen-bond donors (Lipinski definition) is 2. The lowest BCUT2D eigenvalue weighted by Gasteiger charge is -2.35. The molecule has 0 aliphatic heterocycles. The van der Waals surface area contributed by atoms with E-state index in [2.05, 4.69) is 17.6 Å². The van der Waals surface area contributed by atoms with Crippen molar-refractivity contribution < 1.29 is 19.1 Å². The highest BCUT2D eigenvalue weighted by atomic mass is 16.6. The molecule has 3 unspecified atom stereocenters. The molecule has 1 aromatic rings. The zero-order valence-corrected chi connectivity index (χ0v) is 22.6. The van der Waals surface area contributed by atoms with E-state index in [1.807, 2.05) is 52.8 Å². The second-order valence-electron chi connectivity index (χ2n) is 10.0. The van der Waals surface area contributed by atoms with Gasteiger partial charge in [0, 0.05) is 13.1 Å². The van der Waals surface area contributed by atoms with Gasteiger partial charge in [0.1, 0.15) is 17.7 Å². The third kappa shape index (κ3) is 8.65. The van der Waals surface area contributed by atoms with Crippen LogP contribution < -0.4 is 10.6 Å². The zero-order valence-electron chi connectivity index (χ0n) is 22.6. The van der Waals surface area contributed by atoms with Crippen LogP contribution in [0.2, 0.25) is 0 Å². The van der Waals surface area contributed by atoms with E-state index in [4.69, 9.17) is 4.74 Å². The number of nitrogens with one attached hydrogen (secondary N) is 2. The Bertz CT molecular complexity index is 832. The number of hydrogen-bond acceptors (Lipinski definition) is 4. The van der Waals surface area contributed by atoms with Gasteiger partial charge in [0.25, 0.3) is 0 Å². The first-order valence-corrected chi connectivity index (χ1v) is 12.5. The minimum absolute atomic E-state index is 0.141. The molecular weight excluding hydrogens is 430 g/mol. The minimum Gasteiger partial charge on any atom is -0.444 e. The number of carbonyl (C=O) groups is 3. The van der Waals surface area contributed by atoms with Crippen molar-refractivity contribution in [2.45, 2.75) is 99.3 Å². The second kappa shape index (κ2) is 13.4. The van der Waals surface area contributed by atoms with Crippen molar-refractivity contribution in [2.24, 2.45) is 5.92 Å². The normalized spacial score (nSPS) is 14.0. The standard InChI is InChI=1S/C27H45N3O4/c1-10-13-16-28-24(31)23(21-15-14-19(5)20(6)17-21)30(12-3)25(32)22(18(4)11-2)29-26(33)34-27(7,8)9/h14-15,17-18,22-23H,10-13,16H2,1-9H3,(H,28,31)(H,29,33). The van der Waals surface area contributed by atoms with Gasteiger partial charge in [0.15, 0.2) is 0 Å². The number of rotatable bonds is 11. The highest BCUT2D eigenvalue weighted by Gasteiger charge is 2.37. The van der Waals surface area contributed by atoms with Gasteiger partial charge >= 0.3 is 6.09 Å². The topological polar surface area (TPSA) is 87.7 Å². The van der Waals surface area contributed by atoms with Crippen molar-refractivity contribution in [1.82, 2.24) is 15.5 Å². The Labute approximate surface area is 206 Å². The summed E-state index contributed by atoms with van der Waals surface area (Å²) in [6, 6.07) is 4.25. The van der Waals surface area contributed by atoms with E-state index >= 15 is 0 Å². The molecule has 0 heterocycles. The van der Waals surface area contributed by atoms with Crippen LogP contribution in [0.3, 0.4) is 0 Å². The quantitative estimate of drug-likeness (QED) is 0.439. The van der Waals surface area contributed by atoms with E-state index in [0.29, 0.717) is 19.5 Å². The molecule has 0 aliphatic rings. The van der Waals surface area contributed by atoms with Crippen molar-refractivity contribution in [3.8, 4) is 0 Å². The highest BCUT2D eigenvalue weighted by molar-refractivity contribution is 5.92. The molecule has 0 fully saturated rings. The largest absolute Gasteiger partial charge is 0.444 e. The van der Waals surface area contributed by atoms with Gasteiger partial charge in [-0.15, -0.1) is 0 Å². The van der Waals surface area contributed by atoms with Crippen LogP contribution in [0.15, 0.2) is 18.2 Å². The van der Waals surface area contributed by atoms with Gasteiger partial charge in [-0.05, 0) is 70.6 Å². The fraction of sp³-hybridized carbons (Fsp3) is 0.667. The first-order chi connectivity index (χ1) is 15.9. The van der Waals surface area contributed by atoms with Crippen LogP contribution in [0.1, 0.15) is 90.5 Å². The van der Waals surface area contributed by atoms with Crippen molar-refractivity contribution in [3.63, 3.8) is 0 Å². The van der Waals surface area contributed by atoms with E-state index in [0.717, 1.165) is 29.5 Å². The van der Waals surface area contributed by atoms with Gasteiger partial charge in [-0.1, -0.05) is 51.8 Å². The van der Waals surface area contributed by atoms with Crippen LogP contribution in [0.5, 0.6) is 0 Å². The second-order valence-corrected chi connectivity index (χ2v) is 10.0. The summed E-state index contributed by atoms with van der Waals surface area (Å²) in [6.07, 6.45) is 1.86. The van der Waals surface area contributed by atoms with E-state index in [-0.39, 0.29) is 17.7 Å². The molecule has 0 aromatic heterocycles. The lowest BCUT2D eigenvalue weighted by Crippen LogP contribution is -2.55. The Kier molecular flexibility index (Phi) is 11.6. The molecule has 1 rings (SSSR count). The van der Waals surface area contributed by atoms with Crippen molar-refractivity contribution in [1.29, 1.82) is 0 Å². The maximum Gasteiger partial charge on any atom is 0.408 e. The molecule has 0 bridgehead atoms. The van der Waals surface area contributed by atoms with Gasteiger partial charge in [-0.2, -0.15) is 0 Å². The third-order valence-corrected chi connectivity index (χ3v) is 6.01. The third-order valence-electron chi connectivity index (χ3n) is 6.01. The fourth-order valence-electron chi connectivity index (χ4n) is 3.65. The average molecular weight is 476 g/mol. The molecule has 1 aromatic carbocycles. The van der Waals surface area contributed by atoms with Gasteiger partial charge in [-0.25, -0.2) is 4.79 Å². The number of likely N-dealkylation sites (N-methyl/N-ethyl adjacent to an activating group) is 1. The molecule has 7 nitrogen and oxygen atoms in total. The van der Waals surface area contributed by atoms with E-state index < -0.39 is 23.8 Å². The van der Waals surface area contributed by atoms with E-state index in [9.17, 15) is 14.4 Å². The van der Waals surface area contributed by atoms with E-state index in [1.54, 1.807) is 25.7 Å². The van der Waals surface area contributed by atoms with Gasteiger partial charge in [0.05, 0.1) is 0 Å². The smallest absolute Gasteiger partial charge is 0.408 e. The number of unbranched alkanes of at least 4 members (excludes halogenated alkanes) is 1. The SMILES string of the molecule is CCCCNC(=O)C(c1ccc(C)c(C)c1)N(CC)C(=O)C(NC(=O)OC(C)(C)C)C(C)CC. The maximum atomic E-state index is 13.9. The van der Waals surface area contributed by atoms with E-state index in [1.165, 1.54) is 0 Å². The fourth-order valence-corrected chi connectivity index (χ4v) is 3.65. The number of aryl methyl sites for hydroxylation is 2. The predicted octanol–water partition coefficient (Wildman–Crippen LogP) is 5.05. The summed E-state index contributed by atoms with van der Waals surface area (Å²) in [4.78, 5) is 41.3. The molecule has 3 amide bonds. The number of ether oxygens (including phenoxy) is 1. The van der Waals surface area contributed by atoms with Gasteiger partial charge in [-0.3, -0.25) is 9.59 Å². The minimum atomic E-state index is -0.808. The summed E-state index contributed by atoms with van der Waals surface area (Å²) in [5.41, 5.74) is 2.25. The molecule has 2 N–H and O–H groups in total. The highest BCUT2D eigenvalue weighted by Crippen LogP contribution is 2.26. The molecule has 7 heteroatoms. The summed E-state index contributed by atoms with van der Waals surface area (Å²) >= 11 is 0. The number of nitrogens with zero attached hydrogens (tertiary/aromatic N) is 1. The van der Waals surface area contributed by atoms with Gasteiger partial charge in [0.2, 0.25) is 11.8 Å². The van der Waals surface area contributed by atoms with Crippen molar-refractivity contribution >= 4 is 17.9 Å². The van der Waals surface area contributed by atoms with Crippen LogP contribution in [0.25, 0.3) is 0 Å². The molecule has 34 heavy (non-hydrogen) atoms. The Morgan fingerprint density at radius 2 is 1.71 bits per heavy atom. The predicted molar refractivity (Wildman–Crippen MR) is 137 cm³/mol. The molecular formula is C27H45N3O4. The molecule has 3 atom stereocenters. The van der Waals surface area contributed by atoms with Crippen LogP contribution >= 0.6 is 0 Å². The lowest BCUT2D eigenvalue weighted by atomic mass is 9.95. The Morgan fingerprint density at radius 3 is 2.21 bits per heavy atom. The van der Waals surface area contributed by atoms with Crippen LogP contribution in [0.4, 0.5) is 4.79 Å². The monoisotopic (exact) mass is 475 g/mol. The molecule has 0 saturated heterocycles. The Balaban J connectivity index is 3.38. The summed E-state index contributed by atoms with van der Waals surface area (Å²) in [6.45, 7) is 18.0. The lowest BCUT2D eigenvalue weighted by molar-refractivity contribution is -0.143. The summed E-state index contributed by atoms with van der Waals surface area (Å²) in [5.74, 6) is -0.652. The average Bonchev–Trinajstić information content (AvgIpc) is 2.75. The van der Waals surface area contributed by atoms with Crippen LogP contribution in [0, 0.1) is 19.8 Å². The van der Waals surface area contributed by atoms with Crippen LogP contribution in [-0.2, 0) is 14.3 Å². The van der Waals surface area contributed by atoms with Crippen LogP contribution in [-0.4, -0.2) is 47.5 Å². The molecule has 0 aliphatic carbocycles. The molecule has 192 valence electrons. The molecule has 0 spiro atoms. The van der Waals surface area contributed by atoms with Crippen molar-refractivity contribution in [3.05, 3.63) is 34.9 Å². The zero-order chi connectivity index (χ0) is 26.1. The van der Waals surface area contributed by atoms with Crippen molar-refractivity contribution in [2.75, 3.05) is 13.1 Å². The number of alkyl carbamates (subject to hydrolysis) is 1. The first kappa shape index (κ1) is 29.5. The molecule has 0 saturated carbocycles. The molecule has 0 radical (unpaired) electrons. The first-order valence-electron chi connectivity index (χ1n) is 12.5. The Hall–Kier alpha value is -2.57. The summed E-state index contributed by atoms with van der Waals surface area (Å²) < 4.78 is 5.41.